The van der Waals surface area contributed by atoms with Crippen molar-refractivity contribution in [2.75, 3.05) is 13.1 Å². The van der Waals surface area contributed by atoms with Crippen molar-refractivity contribution in [2.45, 2.75) is 26.3 Å². The predicted molar refractivity (Wildman–Crippen MR) is 92.4 cm³/mol. The normalized spacial score (nSPS) is 18.0. The van der Waals surface area contributed by atoms with Crippen LogP contribution in [0.3, 0.4) is 0 Å². The number of nitrogens with zero attached hydrogens (tertiary/aromatic N) is 1. The second kappa shape index (κ2) is 6.19. The number of carbonyl (C=O) groups is 1. The van der Waals surface area contributed by atoms with Gasteiger partial charge in [0, 0.05) is 40.9 Å². The number of hydrogen-bond acceptors (Lipinski definition) is 3. The molecule has 0 aliphatic carbocycles. The van der Waals surface area contributed by atoms with Gasteiger partial charge in [-0.3, -0.25) is 9.69 Å². The molecule has 0 bridgehead atoms. The molecule has 3 rings (SSSR count). The quantitative estimate of drug-likeness (QED) is 0.791. The first-order valence-corrected chi connectivity index (χ1v) is 8.41. The molecule has 0 N–H and O–H groups in total. The number of fused-ring (bicyclic) bond motifs is 1. The zero-order valence-electron chi connectivity index (χ0n) is 13.1. The van der Waals surface area contributed by atoms with E-state index in [1.807, 2.05) is 11.3 Å². The molecule has 1 aromatic heterocycles. The first-order chi connectivity index (χ1) is 10.5. The lowest BCUT2D eigenvalue weighted by Gasteiger charge is -2.33. The van der Waals surface area contributed by atoms with Gasteiger partial charge in [-0.25, -0.2) is 0 Å². The van der Waals surface area contributed by atoms with E-state index in [1.54, 1.807) is 6.92 Å². The average Bonchev–Trinajstić information content (AvgIpc) is 2.87. The number of hydrogen-bond donors (Lipinski definition) is 0. The number of carbonyl (C=O) groups excluding carboxylic acids is 1. The summed E-state index contributed by atoms with van der Waals surface area (Å²) in [5, 5.41) is 0. The molecule has 22 heavy (non-hydrogen) atoms. The number of ketones is 1. The smallest absolute Gasteiger partial charge is 0.156 e. The fourth-order valence-electron chi connectivity index (χ4n) is 3.10. The van der Waals surface area contributed by atoms with E-state index in [9.17, 15) is 4.79 Å². The Hall–Kier alpha value is -1.71. The molecule has 2 heterocycles. The van der Waals surface area contributed by atoms with Crippen molar-refractivity contribution in [1.29, 1.82) is 0 Å². The number of rotatable bonds is 4. The van der Waals surface area contributed by atoms with Crippen LogP contribution in [0.2, 0.25) is 0 Å². The second-order valence-electron chi connectivity index (χ2n) is 6.03. The first-order valence-electron chi connectivity index (χ1n) is 7.60. The molecule has 0 unspecified atom stereocenters. The Morgan fingerprint density at radius 1 is 1.36 bits per heavy atom. The molecule has 1 aromatic carbocycles. The van der Waals surface area contributed by atoms with Crippen LogP contribution in [0.4, 0.5) is 0 Å². The standard InChI is InChI=1S/C19H21NOS/c1-13(15(3)21)10-20-11-18(16-7-5-4-6-8-16)17-9-14(2)22-19(17)12-20/h4-9,18H,1,10-12H2,2-3H3/t18-/m1/s1. The van der Waals surface area contributed by atoms with Crippen molar-refractivity contribution in [2.24, 2.45) is 0 Å². The lowest BCUT2D eigenvalue weighted by Crippen LogP contribution is -2.35. The molecule has 0 spiro atoms. The molecule has 0 saturated heterocycles. The van der Waals surface area contributed by atoms with Crippen molar-refractivity contribution >= 4 is 17.1 Å². The minimum absolute atomic E-state index is 0.0874. The molecule has 0 saturated carbocycles. The van der Waals surface area contributed by atoms with Crippen LogP contribution in [0, 0.1) is 6.92 Å². The summed E-state index contributed by atoms with van der Waals surface area (Å²) >= 11 is 1.87. The van der Waals surface area contributed by atoms with Crippen molar-refractivity contribution in [1.82, 2.24) is 4.90 Å². The second-order valence-corrected chi connectivity index (χ2v) is 7.37. The Bertz CT molecular complexity index is 701. The Kier molecular flexibility index (Phi) is 4.27. The van der Waals surface area contributed by atoms with Crippen molar-refractivity contribution in [3.8, 4) is 0 Å². The molecule has 3 heteroatoms. The Morgan fingerprint density at radius 3 is 2.77 bits per heavy atom. The molecule has 114 valence electrons. The third-order valence-corrected chi connectivity index (χ3v) is 5.31. The van der Waals surface area contributed by atoms with Crippen molar-refractivity contribution in [3.05, 3.63) is 69.4 Å². The maximum Gasteiger partial charge on any atom is 0.156 e. The molecule has 1 atom stereocenters. The largest absolute Gasteiger partial charge is 0.295 e. The molecule has 2 aromatic rings. The fourth-order valence-corrected chi connectivity index (χ4v) is 4.24. The predicted octanol–water partition coefficient (Wildman–Crippen LogP) is 4.15. The number of aryl methyl sites for hydroxylation is 1. The van der Waals surface area contributed by atoms with Gasteiger partial charge in [0.1, 0.15) is 0 Å². The molecule has 0 amide bonds. The summed E-state index contributed by atoms with van der Waals surface area (Å²) in [5.41, 5.74) is 3.50. The number of Topliss-reactive ketones (excluding diaryl/α,β-unsaturated/α-hetero) is 1. The lowest BCUT2D eigenvalue weighted by molar-refractivity contribution is -0.113. The highest BCUT2D eigenvalue weighted by molar-refractivity contribution is 7.12. The zero-order valence-corrected chi connectivity index (χ0v) is 14.0. The van der Waals surface area contributed by atoms with E-state index < -0.39 is 0 Å². The van der Waals surface area contributed by atoms with Gasteiger partial charge in [-0.05, 0) is 31.0 Å². The van der Waals surface area contributed by atoms with Crippen molar-refractivity contribution in [3.63, 3.8) is 0 Å². The van der Waals surface area contributed by atoms with Crippen LogP contribution in [-0.4, -0.2) is 23.8 Å². The minimum atomic E-state index is 0.0874. The van der Waals surface area contributed by atoms with E-state index in [1.165, 1.54) is 20.9 Å². The summed E-state index contributed by atoms with van der Waals surface area (Å²) < 4.78 is 0. The highest BCUT2D eigenvalue weighted by atomic mass is 32.1. The zero-order chi connectivity index (χ0) is 15.7. The van der Waals surface area contributed by atoms with E-state index in [2.05, 4.69) is 54.8 Å². The van der Waals surface area contributed by atoms with Crippen LogP contribution in [0.1, 0.15) is 33.7 Å². The highest BCUT2D eigenvalue weighted by Crippen LogP contribution is 2.38. The van der Waals surface area contributed by atoms with Crippen LogP contribution in [-0.2, 0) is 11.3 Å². The molecular formula is C19H21NOS. The van der Waals surface area contributed by atoms with Gasteiger partial charge in [0.05, 0.1) is 0 Å². The van der Waals surface area contributed by atoms with Crippen LogP contribution in [0.25, 0.3) is 0 Å². The molecular weight excluding hydrogens is 290 g/mol. The average molecular weight is 311 g/mol. The van der Waals surface area contributed by atoms with E-state index in [4.69, 9.17) is 0 Å². The lowest BCUT2D eigenvalue weighted by atomic mass is 9.88. The summed E-state index contributed by atoms with van der Waals surface area (Å²) in [7, 11) is 0. The summed E-state index contributed by atoms with van der Waals surface area (Å²) in [4.78, 5) is 16.6. The topological polar surface area (TPSA) is 20.3 Å². The van der Waals surface area contributed by atoms with Gasteiger partial charge in [0.25, 0.3) is 0 Å². The summed E-state index contributed by atoms with van der Waals surface area (Å²) in [5.74, 6) is 0.471. The maximum absolute atomic E-state index is 11.5. The molecule has 0 fully saturated rings. The maximum atomic E-state index is 11.5. The van der Waals surface area contributed by atoms with Crippen molar-refractivity contribution < 1.29 is 4.79 Å². The molecule has 1 aliphatic rings. The molecule has 1 aliphatic heterocycles. The summed E-state index contributed by atoms with van der Waals surface area (Å²) in [6.07, 6.45) is 0. The Balaban J connectivity index is 1.91. The van der Waals surface area contributed by atoms with E-state index in [0.717, 1.165) is 13.1 Å². The summed E-state index contributed by atoms with van der Waals surface area (Å²) in [6, 6.07) is 13.0. The minimum Gasteiger partial charge on any atom is -0.295 e. The van der Waals surface area contributed by atoms with Crippen LogP contribution >= 0.6 is 11.3 Å². The van der Waals surface area contributed by atoms with Crippen LogP contribution in [0.15, 0.2) is 48.6 Å². The van der Waals surface area contributed by atoms with Gasteiger partial charge in [-0.1, -0.05) is 36.9 Å². The third kappa shape index (κ3) is 3.06. The van der Waals surface area contributed by atoms with Gasteiger partial charge in [-0.2, -0.15) is 0 Å². The highest BCUT2D eigenvalue weighted by Gasteiger charge is 2.28. The molecule has 2 nitrogen and oxygen atoms in total. The van der Waals surface area contributed by atoms with Gasteiger partial charge in [0.15, 0.2) is 5.78 Å². The van der Waals surface area contributed by atoms with Gasteiger partial charge >= 0.3 is 0 Å². The van der Waals surface area contributed by atoms with E-state index >= 15 is 0 Å². The van der Waals surface area contributed by atoms with Gasteiger partial charge in [-0.15, -0.1) is 11.3 Å². The Labute approximate surface area is 136 Å². The van der Waals surface area contributed by atoms with E-state index in [0.29, 0.717) is 18.0 Å². The monoisotopic (exact) mass is 311 g/mol. The summed E-state index contributed by atoms with van der Waals surface area (Å²) in [6.45, 7) is 10.2. The molecule has 0 radical (unpaired) electrons. The van der Waals surface area contributed by atoms with E-state index in [-0.39, 0.29) is 5.78 Å². The fraction of sp³-hybridized carbons (Fsp3) is 0.316. The third-order valence-electron chi connectivity index (χ3n) is 4.26. The van der Waals surface area contributed by atoms with Gasteiger partial charge < -0.3 is 0 Å². The van der Waals surface area contributed by atoms with Crippen LogP contribution < -0.4 is 0 Å². The number of benzene rings is 1. The first kappa shape index (κ1) is 15.2. The SMILES string of the molecule is C=C(CN1Cc2sc(C)cc2[C@@H](c2ccccc2)C1)C(C)=O. The van der Waals surface area contributed by atoms with Gasteiger partial charge in [0.2, 0.25) is 0 Å². The number of thiophene rings is 1. The Morgan fingerprint density at radius 2 is 2.09 bits per heavy atom. The van der Waals surface area contributed by atoms with Crippen LogP contribution in [0.5, 0.6) is 0 Å².